The van der Waals surface area contributed by atoms with Crippen LogP contribution in [0.15, 0.2) is 58.4 Å². The van der Waals surface area contributed by atoms with Gasteiger partial charge in [-0.15, -0.1) is 11.3 Å². The third-order valence-electron chi connectivity index (χ3n) is 3.47. The first-order valence-corrected chi connectivity index (χ1v) is 9.18. The molecule has 2 N–H and O–H groups in total. The van der Waals surface area contributed by atoms with Crippen LogP contribution in [0.1, 0.15) is 20.7 Å². The van der Waals surface area contributed by atoms with Gasteiger partial charge in [0.15, 0.2) is 0 Å². The number of carbonyl (C=O) groups is 2. The predicted molar refractivity (Wildman–Crippen MR) is 104 cm³/mol. The molecule has 0 bridgehead atoms. The number of benzene rings is 2. The second-order valence-corrected chi connectivity index (χ2v) is 7.36. The molecule has 1 aromatic heterocycles. The molecule has 1 amide bonds. The Balaban J connectivity index is 1.96. The van der Waals surface area contributed by atoms with Gasteiger partial charge in [0.05, 0.1) is 0 Å². The Hall–Kier alpha value is -2.15. The van der Waals surface area contributed by atoms with Crippen molar-refractivity contribution in [3.05, 3.63) is 74.5 Å². The van der Waals surface area contributed by atoms with Crippen LogP contribution in [0, 0.1) is 0 Å². The molecule has 0 aliphatic rings. The average molecular weight is 437 g/mol. The standard InChI is InChI=1S/C18H11BrClNO3S/c19-12-6-4-10(5-7-12)14-9-25-17(15(14)18(23)24)21-16(22)11-2-1-3-13(20)8-11/h1-9H,(H,21,22)(H,23,24). The van der Waals surface area contributed by atoms with Crippen molar-refractivity contribution in [2.24, 2.45) is 0 Å². The van der Waals surface area contributed by atoms with Crippen LogP contribution < -0.4 is 5.32 Å². The van der Waals surface area contributed by atoms with E-state index in [1.54, 1.807) is 23.6 Å². The number of carboxylic acid groups (broad SMARTS) is 1. The van der Waals surface area contributed by atoms with Gasteiger partial charge in [0.2, 0.25) is 0 Å². The number of thiophene rings is 1. The summed E-state index contributed by atoms with van der Waals surface area (Å²) < 4.78 is 0.901. The number of carbonyl (C=O) groups excluding carboxylic acids is 1. The van der Waals surface area contributed by atoms with Crippen molar-refractivity contribution < 1.29 is 14.7 Å². The molecule has 0 aliphatic carbocycles. The van der Waals surface area contributed by atoms with E-state index in [-0.39, 0.29) is 10.6 Å². The van der Waals surface area contributed by atoms with Crippen LogP contribution in [0.5, 0.6) is 0 Å². The number of carboxylic acids is 1. The van der Waals surface area contributed by atoms with Crippen molar-refractivity contribution in [3.8, 4) is 11.1 Å². The quantitative estimate of drug-likeness (QED) is 0.544. The maximum absolute atomic E-state index is 12.4. The van der Waals surface area contributed by atoms with E-state index in [9.17, 15) is 14.7 Å². The summed E-state index contributed by atoms with van der Waals surface area (Å²) in [7, 11) is 0. The van der Waals surface area contributed by atoms with E-state index in [4.69, 9.17) is 11.6 Å². The summed E-state index contributed by atoms with van der Waals surface area (Å²) in [5.74, 6) is -1.50. The maximum Gasteiger partial charge on any atom is 0.339 e. The van der Waals surface area contributed by atoms with Crippen molar-refractivity contribution in [3.63, 3.8) is 0 Å². The van der Waals surface area contributed by atoms with Crippen LogP contribution >= 0.6 is 38.9 Å². The lowest BCUT2D eigenvalue weighted by Gasteiger charge is -2.06. The Morgan fingerprint density at radius 2 is 1.84 bits per heavy atom. The van der Waals surface area contributed by atoms with Gasteiger partial charge in [0.25, 0.3) is 5.91 Å². The monoisotopic (exact) mass is 435 g/mol. The molecule has 0 saturated carbocycles. The van der Waals surface area contributed by atoms with Gasteiger partial charge in [-0.3, -0.25) is 4.79 Å². The van der Waals surface area contributed by atoms with Crippen LogP contribution in [0.25, 0.3) is 11.1 Å². The molecule has 3 rings (SSSR count). The Kier molecular flexibility index (Phi) is 5.22. The second kappa shape index (κ2) is 7.39. The van der Waals surface area contributed by atoms with Gasteiger partial charge < -0.3 is 10.4 Å². The number of aromatic carboxylic acids is 1. The second-order valence-electron chi connectivity index (χ2n) is 5.13. The average Bonchev–Trinajstić information content (AvgIpc) is 2.99. The molecular formula is C18H11BrClNO3S. The molecule has 0 atom stereocenters. The van der Waals surface area contributed by atoms with Crippen LogP contribution in [0.3, 0.4) is 0 Å². The molecule has 0 saturated heterocycles. The summed E-state index contributed by atoms with van der Waals surface area (Å²) in [6.45, 7) is 0. The van der Waals surface area contributed by atoms with Crippen LogP contribution in [-0.2, 0) is 0 Å². The molecule has 2 aromatic carbocycles. The molecule has 126 valence electrons. The molecule has 4 nitrogen and oxygen atoms in total. The summed E-state index contributed by atoms with van der Waals surface area (Å²) in [6.07, 6.45) is 0. The number of halogens is 2. The molecule has 3 aromatic rings. The zero-order valence-electron chi connectivity index (χ0n) is 12.6. The highest BCUT2D eigenvalue weighted by Crippen LogP contribution is 2.36. The van der Waals surface area contributed by atoms with Crippen molar-refractivity contribution in [1.29, 1.82) is 0 Å². The molecule has 0 spiro atoms. The molecule has 7 heteroatoms. The third-order valence-corrected chi connectivity index (χ3v) is 5.13. The Bertz CT molecular complexity index is 953. The number of amides is 1. The molecule has 0 fully saturated rings. The van der Waals surface area contributed by atoms with Crippen molar-refractivity contribution in [1.82, 2.24) is 0 Å². The first-order chi connectivity index (χ1) is 12.0. The highest BCUT2D eigenvalue weighted by Gasteiger charge is 2.21. The minimum absolute atomic E-state index is 0.0719. The highest BCUT2D eigenvalue weighted by molar-refractivity contribution is 9.10. The smallest absolute Gasteiger partial charge is 0.339 e. The number of hydrogen-bond donors (Lipinski definition) is 2. The maximum atomic E-state index is 12.4. The van der Waals surface area contributed by atoms with E-state index in [2.05, 4.69) is 21.2 Å². The van der Waals surface area contributed by atoms with Gasteiger partial charge in [0.1, 0.15) is 10.6 Å². The first kappa shape index (κ1) is 17.7. The summed E-state index contributed by atoms with van der Waals surface area (Å²) >= 11 is 10.4. The van der Waals surface area contributed by atoms with E-state index in [1.165, 1.54) is 17.4 Å². The van der Waals surface area contributed by atoms with E-state index in [1.807, 2.05) is 24.3 Å². The lowest BCUT2D eigenvalue weighted by molar-refractivity contribution is 0.0699. The molecular weight excluding hydrogens is 426 g/mol. The van der Waals surface area contributed by atoms with E-state index < -0.39 is 11.9 Å². The molecule has 0 radical (unpaired) electrons. The van der Waals surface area contributed by atoms with Crippen LogP contribution in [-0.4, -0.2) is 17.0 Å². The summed E-state index contributed by atoms with van der Waals surface area (Å²) in [5.41, 5.74) is 1.76. The van der Waals surface area contributed by atoms with Crippen LogP contribution in [0.4, 0.5) is 5.00 Å². The molecule has 0 aliphatic heterocycles. The minimum Gasteiger partial charge on any atom is -0.478 e. The summed E-state index contributed by atoms with van der Waals surface area (Å²) in [6, 6.07) is 13.8. The molecule has 25 heavy (non-hydrogen) atoms. The van der Waals surface area contributed by atoms with Gasteiger partial charge in [0, 0.05) is 26.0 Å². The molecule has 1 heterocycles. The largest absolute Gasteiger partial charge is 0.478 e. The normalized spacial score (nSPS) is 10.5. The topological polar surface area (TPSA) is 66.4 Å². The van der Waals surface area contributed by atoms with E-state index >= 15 is 0 Å². The van der Waals surface area contributed by atoms with Gasteiger partial charge in [-0.25, -0.2) is 4.79 Å². The van der Waals surface area contributed by atoms with Crippen LogP contribution in [0.2, 0.25) is 5.02 Å². The van der Waals surface area contributed by atoms with Gasteiger partial charge in [-0.1, -0.05) is 45.7 Å². The van der Waals surface area contributed by atoms with Crippen molar-refractivity contribution in [2.45, 2.75) is 0 Å². The fourth-order valence-electron chi connectivity index (χ4n) is 2.31. The van der Waals surface area contributed by atoms with Crippen molar-refractivity contribution in [2.75, 3.05) is 5.32 Å². The van der Waals surface area contributed by atoms with Gasteiger partial charge >= 0.3 is 5.97 Å². The first-order valence-electron chi connectivity index (χ1n) is 7.13. The SMILES string of the molecule is O=C(Nc1scc(-c2ccc(Br)cc2)c1C(=O)O)c1cccc(Cl)c1. The lowest BCUT2D eigenvalue weighted by atomic mass is 10.0. The lowest BCUT2D eigenvalue weighted by Crippen LogP contribution is -2.13. The van der Waals surface area contributed by atoms with Crippen molar-refractivity contribution >= 4 is 55.7 Å². The summed E-state index contributed by atoms with van der Waals surface area (Å²) in [5, 5.41) is 14.7. The Morgan fingerprint density at radius 1 is 1.12 bits per heavy atom. The molecule has 0 unspecified atom stereocenters. The Labute approximate surface area is 161 Å². The zero-order valence-corrected chi connectivity index (χ0v) is 15.8. The van der Waals surface area contributed by atoms with Gasteiger partial charge in [-0.05, 0) is 35.9 Å². The fraction of sp³-hybridized carbons (Fsp3) is 0. The van der Waals surface area contributed by atoms with Gasteiger partial charge in [-0.2, -0.15) is 0 Å². The Morgan fingerprint density at radius 3 is 2.48 bits per heavy atom. The third kappa shape index (κ3) is 3.92. The van der Waals surface area contributed by atoms with E-state index in [0.717, 1.165) is 10.0 Å². The predicted octanol–water partition coefficient (Wildman–Crippen LogP) is 5.78. The van der Waals surface area contributed by atoms with E-state index in [0.29, 0.717) is 16.1 Å². The number of hydrogen-bond acceptors (Lipinski definition) is 3. The highest BCUT2D eigenvalue weighted by atomic mass is 79.9. The minimum atomic E-state index is -1.10. The summed E-state index contributed by atoms with van der Waals surface area (Å²) in [4.78, 5) is 24.1. The zero-order chi connectivity index (χ0) is 18.0. The number of nitrogens with one attached hydrogen (secondary N) is 1. The number of anilines is 1. The number of rotatable bonds is 4. The fourth-order valence-corrected chi connectivity index (χ4v) is 3.72.